The number of carbonyl (C=O) groups is 2. The van der Waals surface area contributed by atoms with Gasteiger partial charge in [0.15, 0.2) is 5.16 Å². The Morgan fingerprint density at radius 1 is 1.37 bits per heavy atom. The van der Waals surface area contributed by atoms with Crippen LogP contribution in [0.1, 0.15) is 13.3 Å². The van der Waals surface area contributed by atoms with Crippen LogP contribution in [0.15, 0.2) is 34.2 Å². The third-order valence-corrected chi connectivity index (χ3v) is 5.39. The van der Waals surface area contributed by atoms with E-state index >= 15 is 0 Å². The molecule has 144 valence electrons. The van der Waals surface area contributed by atoms with Crippen molar-refractivity contribution in [1.29, 1.82) is 0 Å². The second-order valence-corrected chi connectivity index (χ2v) is 7.50. The Bertz CT molecular complexity index is 914. The molecule has 0 spiro atoms. The quantitative estimate of drug-likeness (QED) is 0.437. The number of nitrogens with zero attached hydrogens (tertiary/aromatic N) is 3. The molecule has 1 aliphatic rings. The molecule has 3 amide bonds. The van der Waals surface area contributed by atoms with Gasteiger partial charge in [0.1, 0.15) is 0 Å². The monoisotopic (exact) mass is 390 g/mol. The van der Waals surface area contributed by atoms with Crippen LogP contribution in [0.2, 0.25) is 0 Å². The molecule has 0 unspecified atom stereocenters. The molecule has 3 rings (SSSR count). The molecule has 9 heteroatoms. The molecule has 8 nitrogen and oxygen atoms in total. The summed E-state index contributed by atoms with van der Waals surface area (Å²) >= 11 is 1.19. The van der Waals surface area contributed by atoms with Gasteiger partial charge in [0, 0.05) is 33.4 Å². The highest BCUT2D eigenvalue weighted by molar-refractivity contribution is 8.00. The van der Waals surface area contributed by atoms with E-state index in [-0.39, 0.29) is 17.5 Å². The van der Waals surface area contributed by atoms with E-state index in [2.05, 4.69) is 10.3 Å². The summed E-state index contributed by atoms with van der Waals surface area (Å²) in [5, 5.41) is 3.08. The molecule has 0 bridgehead atoms. The fraction of sp³-hybridized carbons (Fsp3) is 0.444. The molecule has 27 heavy (non-hydrogen) atoms. The molecular weight excluding hydrogens is 368 g/mol. The molecule has 1 aliphatic heterocycles. The third kappa shape index (κ3) is 4.14. The minimum absolute atomic E-state index is 0.141. The zero-order valence-corrected chi connectivity index (χ0v) is 16.1. The van der Waals surface area contributed by atoms with E-state index in [1.165, 1.54) is 16.7 Å². The molecular formula is C18H22N4O4S. The van der Waals surface area contributed by atoms with Crippen molar-refractivity contribution in [3.05, 3.63) is 34.6 Å². The molecule has 2 heterocycles. The minimum atomic E-state index is -0.546. The molecule has 1 atom stereocenters. The number of rotatable bonds is 7. The van der Waals surface area contributed by atoms with Gasteiger partial charge in [0.2, 0.25) is 5.91 Å². The van der Waals surface area contributed by atoms with E-state index in [4.69, 9.17) is 4.74 Å². The summed E-state index contributed by atoms with van der Waals surface area (Å²) in [5.74, 6) is -0.291. The van der Waals surface area contributed by atoms with Gasteiger partial charge in [0.05, 0.1) is 16.2 Å². The lowest BCUT2D eigenvalue weighted by atomic mass is 10.2. The Balaban J connectivity index is 1.91. The Hall–Kier alpha value is -2.39. The van der Waals surface area contributed by atoms with Crippen molar-refractivity contribution in [3.63, 3.8) is 0 Å². The van der Waals surface area contributed by atoms with Gasteiger partial charge in [-0.15, -0.1) is 0 Å². The highest BCUT2D eigenvalue weighted by atomic mass is 32.2. The van der Waals surface area contributed by atoms with Crippen molar-refractivity contribution in [2.45, 2.75) is 30.3 Å². The van der Waals surface area contributed by atoms with E-state index in [0.717, 1.165) is 0 Å². The van der Waals surface area contributed by atoms with Crippen molar-refractivity contribution in [1.82, 2.24) is 19.8 Å². The van der Waals surface area contributed by atoms with Gasteiger partial charge >= 0.3 is 6.03 Å². The Morgan fingerprint density at radius 3 is 2.85 bits per heavy atom. The zero-order chi connectivity index (χ0) is 19.4. The van der Waals surface area contributed by atoms with Crippen LogP contribution < -0.4 is 10.9 Å². The van der Waals surface area contributed by atoms with Gasteiger partial charge in [-0.2, -0.15) is 0 Å². The van der Waals surface area contributed by atoms with Gasteiger partial charge in [-0.25, -0.2) is 9.78 Å². The number of hydrogen-bond donors (Lipinski definition) is 1. The summed E-state index contributed by atoms with van der Waals surface area (Å²) in [6, 6.07) is 6.77. The molecule has 1 saturated heterocycles. The maximum absolute atomic E-state index is 12.9. The first-order valence-electron chi connectivity index (χ1n) is 8.77. The first-order valence-corrected chi connectivity index (χ1v) is 9.65. The van der Waals surface area contributed by atoms with Crippen molar-refractivity contribution in [2.75, 3.05) is 26.8 Å². The maximum Gasteiger partial charge on any atom is 0.324 e. The number of ether oxygens (including phenoxy) is 1. The van der Waals surface area contributed by atoms with Gasteiger partial charge in [-0.1, -0.05) is 23.9 Å². The van der Waals surface area contributed by atoms with Crippen LogP contribution in [0.4, 0.5) is 4.79 Å². The summed E-state index contributed by atoms with van der Waals surface area (Å²) in [4.78, 5) is 43.0. The molecule has 1 aromatic carbocycles. The standard InChI is InChI=1S/C18H22N4O4S/c1-12(15(23)21-10-8-19-17(21)25)27-18-20-14-7-4-3-6-13(14)16(24)22(18)9-5-11-26-2/h3-4,6-7,12H,5,8-11H2,1-2H3,(H,19,25)/t12-/m1/s1. The average Bonchev–Trinajstić information content (AvgIpc) is 3.09. The van der Waals surface area contributed by atoms with Crippen molar-refractivity contribution in [3.8, 4) is 0 Å². The number of nitrogens with one attached hydrogen (secondary N) is 1. The van der Waals surface area contributed by atoms with Crippen LogP contribution in [0.25, 0.3) is 10.9 Å². The molecule has 2 aromatic rings. The predicted octanol–water partition coefficient (Wildman–Crippen LogP) is 1.47. The fourth-order valence-electron chi connectivity index (χ4n) is 2.91. The zero-order valence-electron chi connectivity index (χ0n) is 15.3. The average molecular weight is 390 g/mol. The lowest BCUT2D eigenvalue weighted by Crippen LogP contribution is -2.39. The Morgan fingerprint density at radius 2 is 2.15 bits per heavy atom. The highest BCUT2D eigenvalue weighted by Crippen LogP contribution is 2.24. The molecule has 0 radical (unpaired) electrons. The van der Waals surface area contributed by atoms with Crippen LogP contribution in [0.3, 0.4) is 0 Å². The number of para-hydroxylation sites is 1. The van der Waals surface area contributed by atoms with Gasteiger partial charge in [-0.3, -0.25) is 19.1 Å². The summed E-state index contributed by atoms with van der Waals surface area (Å²) < 4.78 is 6.66. The third-order valence-electron chi connectivity index (χ3n) is 4.31. The number of aromatic nitrogens is 2. The van der Waals surface area contributed by atoms with E-state index in [0.29, 0.717) is 48.7 Å². The van der Waals surface area contributed by atoms with Gasteiger partial charge < -0.3 is 10.1 Å². The van der Waals surface area contributed by atoms with Crippen LogP contribution in [-0.4, -0.2) is 58.4 Å². The molecule has 0 aliphatic carbocycles. The minimum Gasteiger partial charge on any atom is -0.385 e. The van der Waals surface area contributed by atoms with E-state index in [1.54, 1.807) is 36.8 Å². The number of hydrogen-bond acceptors (Lipinski definition) is 6. The fourth-order valence-corrected chi connectivity index (χ4v) is 3.91. The summed E-state index contributed by atoms with van der Waals surface area (Å²) in [6.07, 6.45) is 0.654. The van der Waals surface area contributed by atoms with Crippen molar-refractivity contribution >= 4 is 34.6 Å². The molecule has 0 saturated carbocycles. The molecule has 1 N–H and O–H groups in total. The smallest absolute Gasteiger partial charge is 0.324 e. The van der Waals surface area contributed by atoms with Gasteiger partial charge in [-0.05, 0) is 25.5 Å². The topological polar surface area (TPSA) is 93.5 Å². The Labute approximate surface area is 160 Å². The number of urea groups is 1. The SMILES string of the molecule is COCCCn1c(S[C@H](C)C(=O)N2CCNC2=O)nc2ccccc2c1=O. The summed E-state index contributed by atoms with van der Waals surface area (Å²) in [6.45, 7) is 3.50. The number of carbonyl (C=O) groups excluding carboxylic acids is 2. The largest absolute Gasteiger partial charge is 0.385 e. The number of fused-ring (bicyclic) bond motifs is 1. The first kappa shape index (κ1) is 19.4. The Kier molecular flexibility index (Phi) is 6.12. The number of thioether (sulfide) groups is 1. The number of imide groups is 1. The maximum atomic E-state index is 12.9. The number of benzene rings is 1. The number of amides is 3. The van der Waals surface area contributed by atoms with Crippen LogP contribution in [0, 0.1) is 0 Å². The molecule has 1 aromatic heterocycles. The lowest BCUT2D eigenvalue weighted by Gasteiger charge is -2.19. The van der Waals surface area contributed by atoms with E-state index in [1.807, 2.05) is 6.07 Å². The number of methoxy groups -OCH3 is 1. The van der Waals surface area contributed by atoms with E-state index < -0.39 is 5.25 Å². The van der Waals surface area contributed by atoms with Crippen LogP contribution >= 0.6 is 11.8 Å². The van der Waals surface area contributed by atoms with E-state index in [9.17, 15) is 14.4 Å². The molecule has 1 fully saturated rings. The first-order chi connectivity index (χ1) is 13.0. The highest BCUT2D eigenvalue weighted by Gasteiger charge is 2.31. The normalized spacial score (nSPS) is 15.2. The van der Waals surface area contributed by atoms with Crippen LogP contribution in [-0.2, 0) is 16.1 Å². The lowest BCUT2D eigenvalue weighted by molar-refractivity contribution is -0.126. The summed E-state index contributed by atoms with van der Waals surface area (Å²) in [7, 11) is 1.61. The second-order valence-electron chi connectivity index (χ2n) is 6.20. The second kappa shape index (κ2) is 8.53. The summed E-state index contributed by atoms with van der Waals surface area (Å²) in [5.41, 5.74) is 0.448. The van der Waals surface area contributed by atoms with Gasteiger partial charge in [0.25, 0.3) is 5.56 Å². The van der Waals surface area contributed by atoms with Crippen molar-refractivity contribution in [2.24, 2.45) is 0 Å². The van der Waals surface area contributed by atoms with Crippen LogP contribution in [0.5, 0.6) is 0 Å². The predicted molar refractivity (Wildman–Crippen MR) is 103 cm³/mol. The van der Waals surface area contributed by atoms with Crippen molar-refractivity contribution < 1.29 is 14.3 Å².